The predicted molar refractivity (Wildman–Crippen MR) is 79.8 cm³/mol. The normalized spacial score (nSPS) is 11.7. The van der Waals surface area contributed by atoms with E-state index >= 15 is 0 Å². The monoisotopic (exact) mass is 348 g/mol. The fourth-order valence-corrected chi connectivity index (χ4v) is 2.33. The van der Waals surface area contributed by atoms with Crippen LogP contribution in [0.5, 0.6) is 0 Å². The highest BCUT2D eigenvalue weighted by Crippen LogP contribution is 2.10. The van der Waals surface area contributed by atoms with Crippen molar-refractivity contribution in [1.29, 1.82) is 0 Å². The zero-order chi connectivity index (χ0) is 14.6. The summed E-state index contributed by atoms with van der Waals surface area (Å²) in [7, 11) is 2.26. The number of rotatable bonds is 6. The number of aromatic nitrogens is 3. The molecular weight excluding hydrogens is 328 g/mol. The van der Waals surface area contributed by atoms with Crippen LogP contribution in [0, 0.1) is 0 Å². The quantitative estimate of drug-likeness (QED) is 0.583. The van der Waals surface area contributed by atoms with Crippen molar-refractivity contribution in [2.24, 2.45) is 0 Å². The lowest BCUT2D eigenvalue weighted by Crippen LogP contribution is -2.23. The molecule has 108 valence electrons. The summed E-state index contributed by atoms with van der Waals surface area (Å²) in [6.07, 6.45) is 0. The molecule has 0 unspecified atom stereocenters. The molecule has 19 heavy (non-hydrogen) atoms. The molecule has 0 saturated carbocycles. The number of hydrogen-bond acceptors (Lipinski definition) is 4. The first kappa shape index (κ1) is 16.3. The van der Waals surface area contributed by atoms with Crippen molar-refractivity contribution < 1.29 is 9.53 Å². The molecule has 1 heterocycles. The minimum absolute atomic E-state index is 0.172. The number of ether oxygens (including phenoxy) is 1. The van der Waals surface area contributed by atoms with Crippen LogP contribution in [0.25, 0.3) is 0 Å². The molecule has 0 fully saturated rings. The third-order valence-corrected chi connectivity index (χ3v) is 4.72. The smallest absolute Gasteiger partial charge is 0.293 e. The summed E-state index contributed by atoms with van der Waals surface area (Å²) in [6, 6.07) is 1.10. The average molecular weight is 349 g/mol. The Morgan fingerprint density at radius 3 is 2.58 bits per heavy atom. The topological polar surface area (TPSA) is 60.2 Å². The molecular formula is C11H21BrN4O2Si. The maximum absolute atomic E-state index is 11.7. The van der Waals surface area contributed by atoms with Crippen LogP contribution in [0.4, 0.5) is 0 Å². The van der Waals surface area contributed by atoms with Crippen molar-refractivity contribution in [1.82, 2.24) is 19.7 Å². The number of carbonyl (C=O) groups is 1. The van der Waals surface area contributed by atoms with Crippen molar-refractivity contribution in [3.05, 3.63) is 10.6 Å². The fraction of sp³-hybridized carbons (Fsp3) is 0.727. The van der Waals surface area contributed by atoms with Gasteiger partial charge in [0.1, 0.15) is 6.73 Å². The van der Waals surface area contributed by atoms with Crippen molar-refractivity contribution in [3.63, 3.8) is 0 Å². The van der Waals surface area contributed by atoms with Gasteiger partial charge in [0.2, 0.25) is 5.82 Å². The van der Waals surface area contributed by atoms with Crippen molar-refractivity contribution >= 4 is 29.9 Å². The van der Waals surface area contributed by atoms with Gasteiger partial charge in [-0.3, -0.25) is 4.79 Å². The van der Waals surface area contributed by atoms with E-state index < -0.39 is 8.07 Å². The highest BCUT2D eigenvalue weighted by atomic mass is 79.9. The number of carbonyl (C=O) groups excluding carboxylic acids is 1. The van der Waals surface area contributed by atoms with Crippen LogP contribution in [0.15, 0.2) is 4.73 Å². The largest absolute Gasteiger partial charge is 0.359 e. The van der Waals surface area contributed by atoms with E-state index in [1.54, 1.807) is 18.8 Å². The van der Waals surface area contributed by atoms with E-state index in [4.69, 9.17) is 4.74 Å². The summed E-state index contributed by atoms with van der Waals surface area (Å²) in [5, 5.41) is 4.12. The first-order valence-electron chi connectivity index (χ1n) is 6.10. The first-order valence-corrected chi connectivity index (χ1v) is 10.6. The van der Waals surface area contributed by atoms with Crippen LogP contribution in [0.3, 0.4) is 0 Å². The second-order valence-corrected chi connectivity index (χ2v) is 12.1. The molecule has 0 bridgehead atoms. The Balaban J connectivity index is 2.53. The Morgan fingerprint density at radius 2 is 2.05 bits per heavy atom. The maximum Gasteiger partial charge on any atom is 0.293 e. The van der Waals surface area contributed by atoms with Crippen molar-refractivity contribution in [3.8, 4) is 0 Å². The predicted octanol–water partition coefficient (Wildman–Crippen LogP) is 2.05. The van der Waals surface area contributed by atoms with Gasteiger partial charge >= 0.3 is 0 Å². The lowest BCUT2D eigenvalue weighted by molar-refractivity contribution is 0.0744. The molecule has 8 heteroatoms. The summed E-state index contributed by atoms with van der Waals surface area (Å²) in [6.45, 7) is 7.92. The number of amides is 1. The molecule has 0 atom stereocenters. The van der Waals surface area contributed by atoms with E-state index in [0.717, 1.165) is 6.04 Å². The zero-order valence-corrected chi connectivity index (χ0v) is 14.7. The van der Waals surface area contributed by atoms with E-state index in [2.05, 4.69) is 45.7 Å². The highest BCUT2D eigenvalue weighted by Gasteiger charge is 2.17. The second-order valence-electron chi connectivity index (χ2n) is 5.75. The zero-order valence-electron chi connectivity index (χ0n) is 12.1. The third kappa shape index (κ3) is 5.41. The van der Waals surface area contributed by atoms with Gasteiger partial charge in [-0.25, -0.2) is 4.68 Å². The first-order chi connectivity index (χ1) is 8.70. The molecule has 0 aliphatic rings. The van der Waals surface area contributed by atoms with Crippen molar-refractivity contribution in [2.45, 2.75) is 32.4 Å². The molecule has 0 aliphatic carbocycles. The molecule has 0 spiro atoms. The Bertz CT molecular complexity index is 442. The van der Waals surface area contributed by atoms with Gasteiger partial charge in [-0.2, -0.15) is 4.98 Å². The fourth-order valence-electron chi connectivity index (χ4n) is 1.23. The number of nitrogens with zero attached hydrogens (tertiary/aromatic N) is 4. The molecule has 0 N–H and O–H groups in total. The van der Waals surface area contributed by atoms with Gasteiger partial charge in [0, 0.05) is 28.8 Å². The van der Waals surface area contributed by atoms with Gasteiger partial charge < -0.3 is 9.64 Å². The molecule has 0 aromatic carbocycles. The van der Waals surface area contributed by atoms with E-state index in [0.29, 0.717) is 18.1 Å². The van der Waals surface area contributed by atoms with Crippen LogP contribution >= 0.6 is 15.9 Å². The minimum atomic E-state index is -1.08. The lowest BCUT2D eigenvalue weighted by Gasteiger charge is -2.15. The standard InChI is InChI=1S/C11H21BrN4O2Si/c1-15(2)10(17)9-13-11(12)16(14-9)8-18-6-7-19(3,4)5/h6-8H2,1-5H3. The van der Waals surface area contributed by atoms with Crippen LogP contribution in [0.1, 0.15) is 10.6 Å². The Labute approximate surface area is 123 Å². The molecule has 1 amide bonds. The molecule has 6 nitrogen and oxygen atoms in total. The van der Waals surface area contributed by atoms with Gasteiger partial charge in [-0.1, -0.05) is 19.6 Å². The maximum atomic E-state index is 11.7. The third-order valence-electron chi connectivity index (χ3n) is 2.43. The molecule has 0 saturated heterocycles. The summed E-state index contributed by atoms with van der Waals surface area (Å²) >= 11 is 3.27. The van der Waals surface area contributed by atoms with Crippen molar-refractivity contribution in [2.75, 3.05) is 20.7 Å². The highest BCUT2D eigenvalue weighted by molar-refractivity contribution is 9.10. The van der Waals surface area contributed by atoms with Crippen LogP contribution in [-0.4, -0.2) is 54.3 Å². The van der Waals surface area contributed by atoms with Gasteiger partial charge in [0.05, 0.1) is 0 Å². The summed E-state index contributed by atoms with van der Waals surface area (Å²) in [5.74, 6) is -0.0489. The Morgan fingerprint density at radius 1 is 1.42 bits per heavy atom. The summed E-state index contributed by atoms with van der Waals surface area (Å²) < 4.78 is 7.62. The van der Waals surface area contributed by atoms with Crippen LogP contribution in [-0.2, 0) is 11.5 Å². The SMILES string of the molecule is CN(C)C(=O)c1nc(Br)n(COCC[Si](C)(C)C)n1. The van der Waals surface area contributed by atoms with E-state index in [1.807, 2.05) is 0 Å². The Hall–Kier alpha value is -0.733. The second kappa shape index (κ2) is 6.62. The van der Waals surface area contributed by atoms with E-state index in [9.17, 15) is 4.79 Å². The molecule has 0 aliphatic heterocycles. The minimum Gasteiger partial charge on any atom is -0.359 e. The molecule has 1 rings (SSSR count). The lowest BCUT2D eigenvalue weighted by atomic mass is 10.5. The van der Waals surface area contributed by atoms with Gasteiger partial charge in [0.15, 0.2) is 4.73 Å². The van der Waals surface area contributed by atoms with Gasteiger partial charge in [0.25, 0.3) is 5.91 Å². The average Bonchev–Trinajstić information content (AvgIpc) is 2.64. The molecule has 1 aromatic heterocycles. The summed E-state index contributed by atoms with van der Waals surface area (Å²) in [4.78, 5) is 17.2. The van der Waals surface area contributed by atoms with Crippen LogP contribution < -0.4 is 0 Å². The molecule has 1 aromatic rings. The van der Waals surface area contributed by atoms with Gasteiger partial charge in [-0.15, -0.1) is 5.10 Å². The van der Waals surface area contributed by atoms with Crippen LogP contribution in [0.2, 0.25) is 25.7 Å². The summed E-state index contributed by atoms with van der Waals surface area (Å²) in [5.41, 5.74) is 0. The van der Waals surface area contributed by atoms with E-state index in [1.165, 1.54) is 4.90 Å². The van der Waals surface area contributed by atoms with E-state index in [-0.39, 0.29) is 11.7 Å². The Kier molecular flexibility index (Phi) is 5.69. The number of hydrogen-bond donors (Lipinski definition) is 0. The number of halogens is 1. The van der Waals surface area contributed by atoms with Gasteiger partial charge in [-0.05, 0) is 22.0 Å². The molecule has 0 radical (unpaired) electrons.